The zero-order chi connectivity index (χ0) is 18.4. The minimum Gasteiger partial charge on any atom is -0.348 e. The third-order valence-corrected chi connectivity index (χ3v) is 3.99. The molecule has 2 N–H and O–H groups in total. The summed E-state index contributed by atoms with van der Waals surface area (Å²) in [5.74, 6) is -1.69. The summed E-state index contributed by atoms with van der Waals surface area (Å²) >= 11 is 5.68. The number of nitrogens with zero attached hydrogens (tertiary/aromatic N) is 2. The molecule has 1 aliphatic heterocycles. The van der Waals surface area contributed by atoms with E-state index in [4.69, 9.17) is 11.6 Å². The zero-order valence-corrected chi connectivity index (χ0v) is 14.0. The number of benzene rings is 1. The van der Waals surface area contributed by atoms with Crippen molar-refractivity contribution >= 4 is 40.7 Å². The van der Waals surface area contributed by atoms with Gasteiger partial charge in [0.05, 0.1) is 4.92 Å². The van der Waals surface area contributed by atoms with E-state index < -0.39 is 16.7 Å². The monoisotopic (exact) mass is 368 g/mol. The van der Waals surface area contributed by atoms with Crippen molar-refractivity contribution < 1.29 is 19.3 Å². The average molecular weight is 369 g/mol. The standard InChI is InChI=1S/C15H17ClN4O5/c16-11-5-4-10(9-12(11)20(24)25)18-15(23)14(22)17-6-2-8-19-7-1-3-13(19)21/h4-5,9H,1-3,6-8H2,(H,17,22)(H,18,23). The van der Waals surface area contributed by atoms with Gasteiger partial charge >= 0.3 is 11.8 Å². The molecule has 1 aliphatic rings. The molecule has 134 valence electrons. The quantitative estimate of drug-likeness (QED) is 0.339. The Morgan fingerprint density at radius 1 is 1.32 bits per heavy atom. The Hall–Kier alpha value is -2.68. The van der Waals surface area contributed by atoms with E-state index in [9.17, 15) is 24.5 Å². The third kappa shape index (κ3) is 5.15. The lowest BCUT2D eigenvalue weighted by Gasteiger charge is -2.15. The molecule has 0 radical (unpaired) electrons. The molecular formula is C15H17ClN4O5. The molecule has 1 aromatic carbocycles. The van der Waals surface area contributed by atoms with Crippen LogP contribution in [0.15, 0.2) is 18.2 Å². The zero-order valence-electron chi connectivity index (χ0n) is 13.3. The Morgan fingerprint density at radius 3 is 2.72 bits per heavy atom. The molecule has 0 bridgehead atoms. The fraction of sp³-hybridized carbons (Fsp3) is 0.400. The number of hydrogen-bond acceptors (Lipinski definition) is 5. The number of halogens is 1. The van der Waals surface area contributed by atoms with Crippen molar-refractivity contribution in [2.45, 2.75) is 19.3 Å². The second kappa shape index (κ2) is 8.43. The van der Waals surface area contributed by atoms with Crippen molar-refractivity contribution in [3.05, 3.63) is 33.3 Å². The van der Waals surface area contributed by atoms with Gasteiger partial charge in [-0.1, -0.05) is 11.6 Å². The van der Waals surface area contributed by atoms with Crippen LogP contribution < -0.4 is 10.6 Å². The molecule has 1 heterocycles. The first-order valence-electron chi connectivity index (χ1n) is 7.69. The number of carbonyl (C=O) groups is 3. The number of likely N-dealkylation sites (tertiary alicyclic amines) is 1. The van der Waals surface area contributed by atoms with Gasteiger partial charge in [-0.2, -0.15) is 0 Å². The minimum absolute atomic E-state index is 0.0658. The number of anilines is 1. The van der Waals surface area contributed by atoms with Gasteiger partial charge in [0.25, 0.3) is 5.69 Å². The van der Waals surface area contributed by atoms with Crippen LogP contribution in [0.25, 0.3) is 0 Å². The Labute approximate surface area is 148 Å². The van der Waals surface area contributed by atoms with Crippen LogP contribution in [-0.4, -0.2) is 47.2 Å². The maximum absolute atomic E-state index is 11.8. The largest absolute Gasteiger partial charge is 0.348 e. The van der Waals surface area contributed by atoms with Gasteiger partial charge in [-0.15, -0.1) is 0 Å². The van der Waals surface area contributed by atoms with Crippen LogP contribution in [0.1, 0.15) is 19.3 Å². The van der Waals surface area contributed by atoms with Crippen LogP contribution in [-0.2, 0) is 14.4 Å². The second-order valence-electron chi connectivity index (χ2n) is 5.47. The third-order valence-electron chi connectivity index (χ3n) is 3.67. The molecule has 1 aromatic rings. The predicted molar refractivity (Wildman–Crippen MR) is 90.2 cm³/mol. The molecule has 1 fully saturated rings. The SMILES string of the molecule is O=C(NCCCN1CCCC1=O)C(=O)Nc1ccc(Cl)c([N+](=O)[O-])c1. The van der Waals surface area contributed by atoms with Gasteiger partial charge in [0, 0.05) is 37.8 Å². The molecule has 0 unspecified atom stereocenters. The first kappa shape index (κ1) is 18.7. The Kier molecular flexibility index (Phi) is 6.29. The fourth-order valence-electron chi connectivity index (χ4n) is 2.41. The van der Waals surface area contributed by atoms with Crippen molar-refractivity contribution in [2.75, 3.05) is 25.0 Å². The average Bonchev–Trinajstić information content (AvgIpc) is 2.98. The van der Waals surface area contributed by atoms with Crippen LogP contribution in [0.5, 0.6) is 0 Å². The molecule has 0 aromatic heterocycles. The molecule has 0 aliphatic carbocycles. The van der Waals surface area contributed by atoms with Gasteiger partial charge in [-0.25, -0.2) is 0 Å². The van der Waals surface area contributed by atoms with E-state index in [1.807, 2.05) is 0 Å². The summed E-state index contributed by atoms with van der Waals surface area (Å²) in [7, 11) is 0. The lowest BCUT2D eigenvalue weighted by molar-refractivity contribution is -0.384. The summed E-state index contributed by atoms with van der Waals surface area (Å²) in [4.78, 5) is 46.8. The van der Waals surface area contributed by atoms with Crippen LogP contribution >= 0.6 is 11.6 Å². The van der Waals surface area contributed by atoms with Crippen LogP contribution in [0.3, 0.4) is 0 Å². The molecule has 1 saturated heterocycles. The summed E-state index contributed by atoms with van der Waals surface area (Å²) in [6.45, 7) is 1.50. The van der Waals surface area contributed by atoms with Gasteiger partial charge in [-0.3, -0.25) is 24.5 Å². The van der Waals surface area contributed by atoms with Crippen LogP contribution in [0.2, 0.25) is 5.02 Å². The number of amides is 3. The highest BCUT2D eigenvalue weighted by molar-refractivity contribution is 6.39. The second-order valence-corrected chi connectivity index (χ2v) is 5.88. The maximum Gasteiger partial charge on any atom is 0.313 e. The summed E-state index contributed by atoms with van der Waals surface area (Å²) in [6, 6.07) is 3.70. The van der Waals surface area contributed by atoms with Gasteiger partial charge in [0.15, 0.2) is 0 Å². The smallest absolute Gasteiger partial charge is 0.313 e. The number of nitrogens with one attached hydrogen (secondary N) is 2. The number of hydrogen-bond donors (Lipinski definition) is 2. The van der Waals surface area contributed by atoms with Crippen molar-refractivity contribution in [3.8, 4) is 0 Å². The van der Waals surface area contributed by atoms with Crippen molar-refractivity contribution in [3.63, 3.8) is 0 Å². The Bertz CT molecular complexity index is 709. The highest BCUT2D eigenvalue weighted by Gasteiger charge is 2.20. The van der Waals surface area contributed by atoms with Gasteiger partial charge < -0.3 is 15.5 Å². The summed E-state index contributed by atoms with van der Waals surface area (Å²) in [5, 5.41) is 15.5. The Morgan fingerprint density at radius 2 is 2.08 bits per heavy atom. The maximum atomic E-state index is 11.8. The van der Waals surface area contributed by atoms with Gasteiger partial charge in [-0.05, 0) is 25.0 Å². The number of nitro groups is 1. The normalized spacial score (nSPS) is 13.6. The highest BCUT2D eigenvalue weighted by atomic mass is 35.5. The number of rotatable bonds is 6. The van der Waals surface area contributed by atoms with Crippen LogP contribution in [0, 0.1) is 10.1 Å². The van der Waals surface area contributed by atoms with E-state index >= 15 is 0 Å². The molecule has 2 rings (SSSR count). The van der Waals surface area contributed by atoms with Gasteiger partial charge in [0.2, 0.25) is 5.91 Å². The lowest BCUT2D eigenvalue weighted by Crippen LogP contribution is -2.37. The van der Waals surface area contributed by atoms with E-state index in [0.29, 0.717) is 19.4 Å². The lowest BCUT2D eigenvalue weighted by atomic mass is 10.2. The molecule has 0 saturated carbocycles. The molecule has 0 spiro atoms. The molecule has 9 nitrogen and oxygen atoms in total. The topological polar surface area (TPSA) is 122 Å². The predicted octanol–water partition coefficient (Wildman–Crippen LogP) is 1.32. The number of carbonyl (C=O) groups excluding carboxylic acids is 3. The summed E-state index contributed by atoms with van der Waals surface area (Å²) in [6.07, 6.45) is 1.94. The summed E-state index contributed by atoms with van der Waals surface area (Å²) in [5.41, 5.74) is -0.269. The highest BCUT2D eigenvalue weighted by Crippen LogP contribution is 2.27. The summed E-state index contributed by atoms with van der Waals surface area (Å²) < 4.78 is 0. The van der Waals surface area contributed by atoms with E-state index in [1.54, 1.807) is 4.90 Å². The van der Waals surface area contributed by atoms with Crippen molar-refractivity contribution in [2.24, 2.45) is 0 Å². The molecular weight excluding hydrogens is 352 g/mol. The van der Waals surface area contributed by atoms with E-state index in [0.717, 1.165) is 19.0 Å². The van der Waals surface area contributed by atoms with E-state index in [1.165, 1.54) is 12.1 Å². The number of nitro benzene ring substituents is 1. The van der Waals surface area contributed by atoms with Crippen molar-refractivity contribution in [1.82, 2.24) is 10.2 Å². The fourth-order valence-corrected chi connectivity index (χ4v) is 2.60. The first-order valence-corrected chi connectivity index (χ1v) is 8.07. The first-order chi connectivity index (χ1) is 11.9. The molecule has 25 heavy (non-hydrogen) atoms. The van der Waals surface area contributed by atoms with E-state index in [2.05, 4.69) is 10.6 Å². The Balaban J connectivity index is 1.78. The molecule has 10 heteroatoms. The van der Waals surface area contributed by atoms with Gasteiger partial charge in [0.1, 0.15) is 5.02 Å². The molecule has 0 atom stereocenters. The minimum atomic E-state index is -0.936. The van der Waals surface area contributed by atoms with Crippen molar-refractivity contribution in [1.29, 1.82) is 0 Å². The molecule has 3 amide bonds. The van der Waals surface area contributed by atoms with Crippen LogP contribution in [0.4, 0.5) is 11.4 Å². The van der Waals surface area contributed by atoms with E-state index in [-0.39, 0.29) is 28.8 Å².